The van der Waals surface area contributed by atoms with E-state index in [0.717, 1.165) is 16.8 Å². The van der Waals surface area contributed by atoms with Crippen LogP contribution in [0.15, 0.2) is 99.5 Å². The molecule has 0 aliphatic rings. The zero-order valence-corrected chi connectivity index (χ0v) is 18.5. The minimum absolute atomic E-state index is 0.0711. The SMILES string of the molecule is O=c1c2ccccc2nc(SCc2coc(-c3ccccc3)n2)n1Cc1ccc(Cl)cc1. The van der Waals surface area contributed by atoms with E-state index in [-0.39, 0.29) is 5.56 Å². The predicted octanol–water partition coefficient (Wildman–Crippen LogP) is 6.05. The Labute approximate surface area is 193 Å². The molecule has 158 valence electrons. The van der Waals surface area contributed by atoms with Gasteiger partial charge in [0.15, 0.2) is 5.16 Å². The lowest BCUT2D eigenvalue weighted by molar-refractivity contribution is 0.573. The normalized spacial score (nSPS) is 11.2. The quantitative estimate of drug-likeness (QED) is 0.228. The van der Waals surface area contributed by atoms with Crippen molar-refractivity contribution in [2.75, 3.05) is 0 Å². The van der Waals surface area contributed by atoms with Gasteiger partial charge in [-0.25, -0.2) is 9.97 Å². The van der Waals surface area contributed by atoms with Gasteiger partial charge in [0, 0.05) is 16.3 Å². The highest BCUT2D eigenvalue weighted by molar-refractivity contribution is 7.98. The van der Waals surface area contributed by atoms with Crippen molar-refractivity contribution in [2.45, 2.75) is 17.5 Å². The van der Waals surface area contributed by atoms with E-state index in [1.54, 1.807) is 16.9 Å². The first-order valence-electron chi connectivity index (χ1n) is 10.0. The molecule has 0 atom stereocenters. The second-order valence-electron chi connectivity index (χ2n) is 7.23. The third-order valence-electron chi connectivity index (χ3n) is 5.00. The summed E-state index contributed by atoms with van der Waals surface area (Å²) < 4.78 is 7.35. The van der Waals surface area contributed by atoms with E-state index in [1.807, 2.05) is 72.8 Å². The summed E-state index contributed by atoms with van der Waals surface area (Å²) in [4.78, 5) is 22.6. The van der Waals surface area contributed by atoms with Crippen molar-refractivity contribution in [1.82, 2.24) is 14.5 Å². The van der Waals surface area contributed by atoms with Crippen LogP contribution < -0.4 is 5.56 Å². The third-order valence-corrected chi connectivity index (χ3v) is 6.26. The Hall–Kier alpha value is -3.35. The van der Waals surface area contributed by atoms with Crippen LogP contribution >= 0.6 is 23.4 Å². The molecule has 0 saturated carbocycles. The van der Waals surface area contributed by atoms with Crippen LogP contribution in [0, 0.1) is 0 Å². The Kier molecular flexibility index (Phi) is 5.79. The zero-order valence-electron chi connectivity index (χ0n) is 16.9. The van der Waals surface area contributed by atoms with Crippen molar-refractivity contribution in [1.29, 1.82) is 0 Å². The molecule has 0 N–H and O–H groups in total. The number of fused-ring (bicyclic) bond motifs is 1. The van der Waals surface area contributed by atoms with Crippen molar-refractivity contribution in [3.05, 3.63) is 112 Å². The van der Waals surface area contributed by atoms with E-state index in [4.69, 9.17) is 21.0 Å². The van der Waals surface area contributed by atoms with Crippen LogP contribution in [0.3, 0.4) is 0 Å². The molecule has 5 rings (SSSR count). The van der Waals surface area contributed by atoms with Crippen LogP contribution in [0.2, 0.25) is 5.02 Å². The van der Waals surface area contributed by atoms with Gasteiger partial charge in [0.1, 0.15) is 6.26 Å². The van der Waals surface area contributed by atoms with E-state index in [0.29, 0.717) is 39.3 Å². The predicted molar refractivity (Wildman–Crippen MR) is 128 cm³/mol. The molecule has 5 nitrogen and oxygen atoms in total. The monoisotopic (exact) mass is 459 g/mol. The summed E-state index contributed by atoms with van der Waals surface area (Å²) in [7, 11) is 0. The van der Waals surface area contributed by atoms with Crippen LogP contribution in [-0.2, 0) is 12.3 Å². The molecular weight excluding hydrogens is 442 g/mol. The van der Waals surface area contributed by atoms with E-state index in [1.165, 1.54) is 11.8 Å². The second kappa shape index (κ2) is 9.02. The van der Waals surface area contributed by atoms with Gasteiger partial charge in [0.2, 0.25) is 5.89 Å². The van der Waals surface area contributed by atoms with Crippen LogP contribution in [0.5, 0.6) is 0 Å². The van der Waals surface area contributed by atoms with Crippen LogP contribution in [0.1, 0.15) is 11.3 Å². The number of hydrogen-bond donors (Lipinski definition) is 0. The molecule has 5 aromatic rings. The number of aromatic nitrogens is 3. The van der Waals surface area contributed by atoms with Gasteiger partial charge >= 0.3 is 0 Å². The van der Waals surface area contributed by atoms with Gasteiger partial charge < -0.3 is 4.42 Å². The summed E-state index contributed by atoms with van der Waals surface area (Å²) in [6.07, 6.45) is 1.65. The number of nitrogens with zero attached hydrogens (tertiary/aromatic N) is 3. The highest BCUT2D eigenvalue weighted by atomic mass is 35.5. The van der Waals surface area contributed by atoms with Crippen molar-refractivity contribution in [2.24, 2.45) is 0 Å². The first-order valence-corrected chi connectivity index (χ1v) is 11.4. The standard InChI is InChI=1S/C25H18ClN3O2S/c26-19-12-10-17(11-13-19)14-29-24(30)21-8-4-5-9-22(21)28-25(29)32-16-20-15-31-23(27-20)18-6-2-1-3-7-18/h1-13,15H,14,16H2. The maximum atomic E-state index is 13.3. The molecule has 7 heteroatoms. The highest BCUT2D eigenvalue weighted by Gasteiger charge is 2.14. The van der Waals surface area contributed by atoms with Gasteiger partial charge in [-0.3, -0.25) is 9.36 Å². The van der Waals surface area contributed by atoms with Gasteiger partial charge in [-0.1, -0.05) is 65.8 Å². The highest BCUT2D eigenvalue weighted by Crippen LogP contribution is 2.25. The molecule has 2 heterocycles. The molecule has 0 aliphatic heterocycles. The van der Waals surface area contributed by atoms with Gasteiger partial charge in [-0.05, 0) is 42.0 Å². The van der Waals surface area contributed by atoms with E-state index in [2.05, 4.69) is 4.98 Å². The first kappa shape index (κ1) is 20.5. The average Bonchev–Trinajstić information content (AvgIpc) is 3.31. The summed E-state index contributed by atoms with van der Waals surface area (Å²) in [5.74, 6) is 1.10. The van der Waals surface area contributed by atoms with Gasteiger partial charge in [-0.2, -0.15) is 0 Å². The van der Waals surface area contributed by atoms with Crippen LogP contribution in [-0.4, -0.2) is 14.5 Å². The number of hydrogen-bond acceptors (Lipinski definition) is 5. The summed E-state index contributed by atoms with van der Waals surface area (Å²) >= 11 is 7.48. The summed E-state index contributed by atoms with van der Waals surface area (Å²) in [5.41, 5.74) is 3.29. The number of para-hydroxylation sites is 1. The molecular formula is C25H18ClN3O2S. The Morgan fingerprint density at radius 3 is 2.47 bits per heavy atom. The third kappa shape index (κ3) is 4.33. The lowest BCUT2D eigenvalue weighted by Crippen LogP contribution is -2.24. The largest absolute Gasteiger partial charge is 0.444 e. The number of halogens is 1. The van der Waals surface area contributed by atoms with Crippen LogP contribution in [0.25, 0.3) is 22.4 Å². The molecule has 0 unspecified atom stereocenters. The summed E-state index contributed by atoms with van der Waals surface area (Å²) in [6, 6.07) is 24.6. The number of thioether (sulfide) groups is 1. The average molecular weight is 460 g/mol. The van der Waals surface area contributed by atoms with Gasteiger partial charge in [0.05, 0.1) is 23.1 Å². The van der Waals surface area contributed by atoms with E-state index < -0.39 is 0 Å². The Bertz CT molecular complexity index is 1430. The molecule has 0 spiro atoms. The molecule has 3 aromatic carbocycles. The topological polar surface area (TPSA) is 60.9 Å². The molecule has 2 aromatic heterocycles. The number of benzene rings is 3. The maximum Gasteiger partial charge on any atom is 0.262 e. The molecule has 0 radical (unpaired) electrons. The molecule has 0 fully saturated rings. The van der Waals surface area contributed by atoms with Crippen molar-refractivity contribution < 1.29 is 4.42 Å². The fourth-order valence-corrected chi connectivity index (χ4v) is 4.40. The smallest absolute Gasteiger partial charge is 0.262 e. The molecule has 0 saturated heterocycles. The lowest BCUT2D eigenvalue weighted by Gasteiger charge is -2.13. The second-order valence-corrected chi connectivity index (χ2v) is 8.61. The fourth-order valence-electron chi connectivity index (χ4n) is 3.39. The van der Waals surface area contributed by atoms with E-state index in [9.17, 15) is 4.79 Å². The van der Waals surface area contributed by atoms with Crippen molar-refractivity contribution in [3.8, 4) is 11.5 Å². The first-order chi connectivity index (χ1) is 15.7. The summed E-state index contributed by atoms with van der Waals surface area (Å²) in [5, 5.41) is 1.89. The Morgan fingerprint density at radius 1 is 0.906 bits per heavy atom. The van der Waals surface area contributed by atoms with Crippen molar-refractivity contribution >= 4 is 34.3 Å². The van der Waals surface area contributed by atoms with Crippen molar-refractivity contribution in [3.63, 3.8) is 0 Å². The zero-order chi connectivity index (χ0) is 21.9. The van der Waals surface area contributed by atoms with Crippen LogP contribution in [0.4, 0.5) is 0 Å². The minimum Gasteiger partial charge on any atom is -0.444 e. The molecule has 0 amide bonds. The maximum absolute atomic E-state index is 13.3. The van der Waals surface area contributed by atoms with Gasteiger partial charge in [0.25, 0.3) is 5.56 Å². The molecule has 0 aliphatic carbocycles. The number of rotatable bonds is 6. The lowest BCUT2D eigenvalue weighted by atomic mass is 10.2. The Balaban J connectivity index is 1.46. The molecule has 0 bridgehead atoms. The Morgan fingerprint density at radius 2 is 1.66 bits per heavy atom. The van der Waals surface area contributed by atoms with Gasteiger partial charge in [-0.15, -0.1) is 0 Å². The number of oxazole rings is 1. The van der Waals surface area contributed by atoms with E-state index >= 15 is 0 Å². The molecule has 32 heavy (non-hydrogen) atoms. The summed E-state index contributed by atoms with van der Waals surface area (Å²) in [6.45, 7) is 0.407. The minimum atomic E-state index is -0.0711. The fraction of sp³-hybridized carbons (Fsp3) is 0.0800.